The Bertz CT molecular complexity index is 282. The molecule has 3 nitrogen and oxygen atoms in total. The third kappa shape index (κ3) is 1.91. The molecule has 0 amide bonds. The van der Waals surface area contributed by atoms with Gasteiger partial charge in [-0.25, -0.2) is 9.37 Å². The summed E-state index contributed by atoms with van der Waals surface area (Å²) in [5, 5.41) is 8.81. The van der Waals surface area contributed by atoms with Gasteiger partial charge in [-0.2, -0.15) is 0 Å². The SMILES string of the molecule is NC(CO)c1cc(Cl)ncc1F. The number of aromatic nitrogens is 1. The quantitative estimate of drug-likeness (QED) is 0.681. The molecule has 66 valence electrons. The molecule has 0 saturated heterocycles. The van der Waals surface area contributed by atoms with E-state index in [9.17, 15) is 4.39 Å². The van der Waals surface area contributed by atoms with Crippen LogP contribution in [-0.4, -0.2) is 16.7 Å². The lowest BCUT2D eigenvalue weighted by molar-refractivity contribution is 0.265. The van der Waals surface area contributed by atoms with Gasteiger partial charge in [0.1, 0.15) is 11.0 Å². The molecule has 1 atom stereocenters. The van der Waals surface area contributed by atoms with Gasteiger partial charge in [0.05, 0.1) is 18.8 Å². The van der Waals surface area contributed by atoms with E-state index in [0.29, 0.717) is 0 Å². The number of nitrogens with zero attached hydrogens (tertiary/aromatic N) is 1. The Morgan fingerprint density at radius 3 is 3.00 bits per heavy atom. The monoisotopic (exact) mass is 190 g/mol. The van der Waals surface area contributed by atoms with E-state index in [2.05, 4.69) is 4.98 Å². The number of pyridine rings is 1. The molecule has 1 heterocycles. The summed E-state index contributed by atoms with van der Waals surface area (Å²) >= 11 is 5.50. The second-order valence-corrected chi connectivity index (χ2v) is 2.70. The topological polar surface area (TPSA) is 59.1 Å². The summed E-state index contributed by atoms with van der Waals surface area (Å²) in [4.78, 5) is 3.51. The summed E-state index contributed by atoms with van der Waals surface area (Å²) in [6.07, 6.45) is 0.979. The molecule has 0 aliphatic heterocycles. The third-order valence-electron chi connectivity index (χ3n) is 1.45. The highest BCUT2D eigenvalue weighted by Crippen LogP contribution is 2.16. The normalized spacial score (nSPS) is 13.0. The molecule has 1 aromatic heterocycles. The number of rotatable bonds is 2. The highest BCUT2D eigenvalue weighted by Gasteiger charge is 2.10. The number of hydrogen-bond donors (Lipinski definition) is 2. The van der Waals surface area contributed by atoms with E-state index in [4.69, 9.17) is 22.4 Å². The summed E-state index contributed by atoms with van der Waals surface area (Å²) in [7, 11) is 0. The average molecular weight is 191 g/mol. The van der Waals surface area contributed by atoms with Crippen LogP contribution in [0.2, 0.25) is 5.15 Å². The smallest absolute Gasteiger partial charge is 0.146 e. The molecule has 0 aromatic carbocycles. The minimum atomic E-state index is -0.745. The first-order valence-corrected chi connectivity index (χ1v) is 3.70. The van der Waals surface area contributed by atoms with Crippen molar-refractivity contribution < 1.29 is 9.50 Å². The van der Waals surface area contributed by atoms with Gasteiger partial charge < -0.3 is 10.8 Å². The first kappa shape index (κ1) is 9.38. The van der Waals surface area contributed by atoms with Crippen molar-refractivity contribution in [2.24, 2.45) is 5.73 Å². The molecule has 1 rings (SSSR count). The van der Waals surface area contributed by atoms with Crippen LogP contribution in [0.1, 0.15) is 11.6 Å². The second kappa shape index (κ2) is 3.80. The molecule has 1 aromatic rings. The minimum Gasteiger partial charge on any atom is -0.394 e. The van der Waals surface area contributed by atoms with Crippen LogP contribution in [0.4, 0.5) is 4.39 Å². The van der Waals surface area contributed by atoms with Gasteiger partial charge in [0.25, 0.3) is 0 Å². The zero-order valence-electron chi connectivity index (χ0n) is 6.17. The van der Waals surface area contributed by atoms with E-state index < -0.39 is 11.9 Å². The van der Waals surface area contributed by atoms with Crippen LogP contribution in [0.3, 0.4) is 0 Å². The Kier molecular flexibility index (Phi) is 2.97. The molecular formula is C7H8ClFN2O. The zero-order chi connectivity index (χ0) is 9.14. The van der Waals surface area contributed by atoms with Gasteiger partial charge >= 0.3 is 0 Å². The molecule has 12 heavy (non-hydrogen) atoms. The van der Waals surface area contributed by atoms with Crippen molar-refractivity contribution in [3.05, 3.63) is 28.8 Å². The Balaban J connectivity index is 3.04. The third-order valence-corrected chi connectivity index (χ3v) is 1.65. The highest BCUT2D eigenvalue weighted by atomic mass is 35.5. The van der Waals surface area contributed by atoms with Gasteiger partial charge in [-0.05, 0) is 6.07 Å². The molecule has 0 radical (unpaired) electrons. The molecular weight excluding hydrogens is 183 g/mol. The van der Waals surface area contributed by atoms with E-state index in [0.717, 1.165) is 6.20 Å². The van der Waals surface area contributed by atoms with Gasteiger partial charge in [0.15, 0.2) is 0 Å². The lowest BCUT2D eigenvalue weighted by Gasteiger charge is -2.08. The molecule has 5 heteroatoms. The van der Waals surface area contributed by atoms with Crippen LogP contribution in [0, 0.1) is 5.82 Å². The van der Waals surface area contributed by atoms with Gasteiger partial charge in [0.2, 0.25) is 0 Å². The zero-order valence-corrected chi connectivity index (χ0v) is 6.92. The fourth-order valence-electron chi connectivity index (χ4n) is 0.810. The van der Waals surface area contributed by atoms with Crippen molar-refractivity contribution in [1.82, 2.24) is 4.98 Å². The van der Waals surface area contributed by atoms with E-state index in [1.54, 1.807) is 0 Å². The summed E-state index contributed by atoms with van der Waals surface area (Å²) in [6.45, 7) is -0.322. The van der Waals surface area contributed by atoms with Crippen LogP contribution >= 0.6 is 11.6 Å². The number of nitrogens with two attached hydrogens (primary N) is 1. The predicted octanol–water partition coefficient (Wildman–Crippen LogP) is 0.866. The van der Waals surface area contributed by atoms with Crippen LogP contribution in [0.5, 0.6) is 0 Å². The van der Waals surface area contributed by atoms with Crippen molar-refractivity contribution in [2.75, 3.05) is 6.61 Å². The van der Waals surface area contributed by atoms with Crippen molar-refractivity contribution in [2.45, 2.75) is 6.04 Å². The molecule has 0 spiro atoms. The van der Waals surface area contributed by atoms with Gasteiger partial charge in [-0.1, -0.05) is 11.6 Å². The van der Waals surface area contributed by atoms with Gasteiger partial charge in [0, 0.05) is 5.56 Å². The van der Waals surface area contributed by atoms with E-state index in [1.807, 2.05) is 0 Å². The molecule has 0 fully saturated rings. The van der Waals surface area contributed by atoms with Crippen LogP contribution < -0.4 is 5.73 Å². The maximum absolute atomic E-state index is 12.9. The minimum absolute atomic E-state index is 0.162. The Morgan fingerprint density at radius 1 is 1.75 bits per heavy atom. The number of hydrogen-bond acceptors (Lipinski definition) is 3. The van der Waals surface area contributed by atoms with E-state index in [1.165, 1.54) is 6.07 Å². The first-order chi connectivity index (χ1) is 5.65. The van der Waals surface area contributed by atoms with Crippen LogP contribution in [0.15, 0.2) is 12.3 Å². The molecule has 0 aliphatic carbocycles. The molecule has 3 N–H and O–H groups in total. The van der Waals surface area contributed by atoms with Crippen molar-refractivity contribution >= 4 is 11.6 Å². The maximum Gasteiger partial charge on any atom is 0.146 e. The van der Waals surface area contributed by atoms with Crippen molar-refractivity contribution in [3.63, 3.8) is 0 Å². The van der Waals surface area contributed by atoms with Crippen LogP contribution in [-0.2, 0) is 0 Å². The standard InChI is InChI=1S/C7H8ClFN2O/c8-7-1-4(6(10)3-12)5(9)2-11-7/h1-2,6,12H,3,10H2. The predicted molar refractivity (Wildman–Crippen MR) is 43.2 cm³/mol. The molecule has 0 aliphatic rings. The number of halogens is 2. The highest BCUT2D eigenvalue weighted by molar-refractivity contribution is 6.29. The summed E-state index contributed by atoms with van der Waals surface area (Å²) < 4.78 is 12.9. The molecule has 0 bridgehead atoms. The fourth-order valence-corrected chi connectivity index (χ4v) is 0.976. The fraction of sp³-hybridized carbons (Fsp3) is 0.286. The Hall–Kier alpha value is -0.710. The molecule has 0 saturated carbocycles. The Morgan fingerprint density at radius 2 is 2.42 bits per heavy atom. The Labute approximate surface area is 74.0 Å². The van der Waals surface area contributed by atoms with Crippen LogP contribution in [0.25, 0.3) is 0 Å². The second-order valence-electron chi connectivity index (χ2n) is 2.32. The summed E-state index contributed by atoms with van der Waals surface area (Å²) in [6, 6.07) is 0.558. The lowest BCUT2D eigenvalue weighted by atomic mass is 10.1. The number of aliphatic hydroxyl groups is 1. The van der Waals surface area contributed by atoms with Crippen molar-refractivity contribution in [3.8, 4) is 0 Å². The summed E-state index contributed by atoms with van der Waals surface area (Å²) in [5.41, 5.74) is 5.57. The largest absolute Gasteiger partial charge is 0.394 e. The first-order valence-electron chi connectivity index (χ1n) is 3.32. The number of aliphatic hydroxyl groups excluding tert-OH is 1. The maximum atomic E-state index is 12.9. The average Bonchev–Trinajstić information content (AvgIpc) is 2.08. The van der Waals surface area contributed by atoms with E-state index >= 15 is 0 Å². The summed E-state index contributed by atoms with van der Waals surface area (Å²) in [5.74, 6) is -0.555. The van der Waals surface area contributed by atoms with Crippen molar-refractivity contribution in [1.29, 1.82) is 0 Å². The lowest BCUT2D eigenvalue weighted by Crippen LogP contribution is -2.16. The van der Waals surface area contributed by atoms with Gasteiger partial charge in [-0.15, -0.1) is 0 Å². The van der Waals surface area contributed by atoms with E-state index in [-0.39, 0.29) is 17.3 Å². The molecule has 1 unspecified atom stereocenters. The van der Waals surface area contributed by atoms with Gasteiger partial charge in [-0.3, -0.25) is 0 Å².